The third kappa shape index (κ3) is 4.74. The van der Waals surface area contributed by atoms with Crippen LogP contribution in [0, 0.1) is 11.3 Å². The number of piperidine rings is 1. The van der Waals surface area contributed by atoms with E-state index in [0.717, 1.165) is 79.1 Å². The molecule has 9 nitrogen and oxygen atoms in total. The third-order valence-corrected chi connectivity index (χ3v) is 9.67. The van der Waals surface area contributed by atoms with Crippen molar-refractivity contribution in [1.82, 2.24) is 19.9 Å². The van der Waals surface area contributed by atoms with Crippen LogP contribution in [0.1, 0.15) is 26.2 Å². The number of aromatic nitrogens is 4. The van der Waals surface area contributed by atoms with Crippen LogP contribution >= 0.6 is 23.4 Å². The number of aliphatic hydroxyl groups excluding tert-OH is 1. The van der Waals surface area contributed by atoms with E-state index in [-0.39, 0.29) is 30.1 Å². The first-order valence-electron chi connectivity index (χ1n) is 12.9. The van der Waals surface area contributed by atoms with E-state index in [1.165, 1.54) is 11.8 Å². The molecule has 6 heterocycles. The molecule has 3 N–H and O–H groups in total. The first kappa shape index (κ1) is 25.1. The molecule has 1 spiro atoms. The van der Waals surface area contributed by atoms with Gasteiger partial charge in [0.05, 0.1) is 23.9 Å². The minimum Gasteiger partial charge on any atom is -0.396 e. The van der Waals surface area contributed by atoms with Crippen LogP contribution < -0.4 is 15.5 Å². The molecular weight excluding hydrogens is 510 g/mol. The molecule has 0 unspecified atom stereocenters. The van der Waals surface area contributed by atoms with E-state index >= 15 is 0 Å². The molecule has 3 fully saturated rings. The molecule has 6 rings (SSSR count). The zero-order valence-electron chi connectivity index (χ0n) is 20.9. The largest absolute Gasteiger partial charge is 0.396 e. The Hall–Kier alpha value is -2.24. The molecule has 0 aromatic carbocycles. The van der Waals surface area contributed by atoms with E-state index in [4.69, 9.17) is 32.0 Å². The lowest BCUT2D eigenvalue weighted by Crippen LogP contribution is -2.50. The van der Waals surface area contributed by atoms with Gasteiger partial charge in [-0.15, -0.1) is 0 Å². The summed E-state index contributed by atoms with van der Waals surface area (Å²) in [4.78, 5) is 24.1. The lowest BCUT2D eigenvalue weighted by molar-refractivity contribution is 0.0974. The normalized spacial score (nSPS) is 25.5. The van der Waals surface area contributed by atoms with Crippen LogP contribution in [0.5, 0.6) is 0 Å². The predicted octanol–water partition coefficient (Wildman–Crippen LogP) is 3.38. The van der Waals surface area contributed by atoms with Gasteiger partial charge in [-0.1, -0.05) is 23.4 Å². The van der Waals surface area contributed by atoms with Crippen molar-refractivity contribution in [1.29, 1.82) is 0 Å². The summed E-state index contributed by atoms with van der Waals surface area (Å²) in [6, 6.07) is 5.93. The average molecular weight is 542 g/mol. The zero-order valence-corrected chi connectivity index (χ0v) is 22.5. The van der Waals surface area contributed by atoms with Crippen molar-refractivity contribution in [2.75, 3.05) is 49.2 Å². The standard InChI is InChI=1S/C26H32ClN7O2S/c1-16-23(28)26(15-36-16)6-10-33(11-7-26)20-12-30-24-18(31-20)2-3-21(32-24)37-19-4-8-29-25(22(19)27)34-9-5-17(13-34)14-35/h2-4,8,12,16-17,23,35H,5-7,9-11,13-15,28H2,1H3/t16-,17-,23+/m0/s1. The fourth-order valence-corrected chi connectivity index (χ4v) is 6.89. The Balaban J connectivity index is 1.16. The highest BCUT2D eigenvalue weighted by Crippen LogP contribution is 2.42. The Bertz CT molecular complexity index is 1290. The van der Waals surface area contributed by atoms with Gasteiger partial charge in [0, 0.05) is 61.3 Å². The molecular formula is C26H32ClN7O2S. The van der Waals surface area contributed by atoms with Crippen LogP contribution in [0.4, 0.5) is 11.6 Å². The summed E-state index contributed by atoms with van der Waals surface area (Å²) in [7, 11) is 0. The first-order valence-corrected chi connectivity index (χ1v) is 14.1. The molecule has 3 aromatic heterocycles. The van der Waals surface area contributed by atoms with Gasteiger partial charge in [-0.05, 0) is 44.4 Å². The van der Waals surface area contributed by atoms with Crippen LogP contribution in [0.15, 0.2) is 40.5 Å². The van der Waals surface area contributed by atoms with Crippen LogP contribution in [-0.4, -0.2) is 76.6 Å². The van der Waals surface area contributed by atoms with Crippen molar-refractivity contribution in [3.05, 3.63) is 35.6 Å². The monoisotopic (exact) mass is 541 g/mol. The maximum Gasteiger partial charge on any atom is 0.179 e. The Morgan fingerprint density at radius 3 is 2.73 bits per heavy atom. The molecule has 0 amide bonds. The smallest absolute Gasteiger partial charge is 0.179 e. The fourth-order valence-electron chi connectivity index (χ4n) is 5.74. The van der Waals surface area contributed by atoms with E-state index < -0.39 is 0 Å². The molecule has 3 aromatic rings. The van der Waals surface area contributed by atoms with Crippen molar-refractivity contribution < 1.29 is 9.84 Å². The lowest BCUT2D eigenvalue weighted by atomic mass is 9.73. The van der Waals surface area contributed by atoms with E-state index in [1.807, 2.05) is 24.4 Å². The highest BCUT2D eigenvalue weighted by Gasteiger charge is 2.47. The van der Waals surface area contributed by atoms with Crippen molar-refractivity contribution in [2.45, 2.75) is 48.3 Å². The summed E-state index contributed by atoms with van der Waals surface area (Å²) in [6.07, 6.45) is 6.66. The number of nitrogens with zero attached hydrogens (tertiary/aromatic N) is 6. The van der Waals surface area contributed by atoms with Gasteiger partial charge in [-0.3, -0.25) is 0 Å². The van der Waals surface area contributed by atoms with Crippen LogP contribution in [0.3, 0.4) is 0 Å². The average Bonchev–Trinajstić information content (AvgIpc) is 3.51. The van der Waals surface area contributed by atoms with Gasteiger partial charge in [0.1, 0.15) is 22.2 Å². The Labute approximate surface area is 225 Å². The Morgan fingerprint density at radius 1 is 1.16 bits per heavy atom. The number of rotatable bonds is 5. The minimum absolute atomic E-state index is 0.0806. The van der Waals surface area contributed by atoms with Crippen LogP contribution in [0.2, 0.25) is 5.02 Å². The molecule has 196 valence electrons. The molecule has 0 bridgehead atoms. The number of nitrogens with two attached hydrogens (primary N) is 1. The molecule has 0 radical (unpaired) electrons. The van der Waals surface area contributed by atoms with Gasteiger partial charge in [-0.2, -0.15) is 0 Å². The summed E-state index contributed by atoms with van der Waals surface area (Å²) in [5, 5.41) is 10.9. The number of fused-ring (bicyclic) bond motifs is 1. The summed E-state index contributed by atoms with van der Waals surface area (Å²) < 4.78 is 5.85. The Kier molecular flexibility index (Phi) is 6.87. The number of anilines is 2. The third-order valence-electron chi connectivity index (χ3n) is 8.19. The molecule has 0 aliphatic carbocycles. The number of aliphatic hydroxyl groups is 1. The topological polar surface area (TPSA) is 114 Å². The summed E-state index contributed by atoms with van der Waals surface area (Å²) in [5.74, 6) is 1.90. The number of ether oxygens (including phenoxy) is 1. The predicted molar refractivity (Wildman–Crippen MR) is 145 cm³/mol. The highest BCUT2D eigenvalue weighted by molar-refractivity contribution is 7.99. The maximum atomic E-state index is 9.47. The maximum absolute atomic E-state index is 9.47. The summed E-state index contributed by atoms with van der Waals surface area (Å²) in [5.41, 5.74) is 7.93. The van der Waals surface area contributed by atoms with Crippen molar-refractivity contribution >= 4 is 46.2 Å². The molecule has 3 aliphatic heterocycles. The van der Waals surface area contributed by atoms with E-state index in [0.29, 0.717) is 10.7 Å². The SMILES string of the molecule is C[C@@H]1OCC2(CCN(c3cnc4nc(Sc5ccnc(N6CC[C@H](CO)C6)c5Cl)ccc4n3)CC2)[C@@H]1N. The van der Waals surface area contributed by atoms with Crippen molar-refractivity contribution in [3.63, 3.8) is 0 Å². The summed E-state index contributed by atoms with van der Waals surface area (Å²) in [6.45, 7) is 6.41. The van der Waals surface area contributed by atoms with Gasteiger partial charge in [0.25, 0.3) is 0 Å². The zero-order chi connectivity index (χ0) is 25.6. The van der Waals surface area contributed by atoms with Crippen molar-refractivity contribution in [3.8, 4) is 0 Å². The molecule has 3 saturated heterocycles. The minimum atomic E-state index is 0.0806. The second kappa shape index (κ2) is 10.1. The summed E-state index contributed by atoms with van der Waals surface area (Å²) >= 11 is 8.24. The molecule has 11 heteroatoms. The Morgan fingerprint density at radius 2 is 2.00 bits per heavy atom. The molecule has 0 saturated carbocycles. The van der Waals surface area contributed by atoms with E-state index in [9.17, 15) is 5.11 Å². The lowest BCUT2D eigenvalue weighted by Gasteiger charge is -2.41. The van der Waals surface area contributed by atoms with E-state index in [1.54, 1.807) is 6.20 Å². The van der Waals surface area contributed by atoms with Crippen molar-refractivity contribution in [2.24, 2.45) is 17.1 Å². The number of hydrogen-bond acceptors (Lipinski definition) is 10. The van der Waals surface area contributed by atoms with Gasteiger partial charge in [0.2, 0.25) is 0 Å². The van der Waals surface area contributed by atoms with Gasteiger partial charge >= 0.3 is 0 Å². The fraction of sp³-hybridized carbons (Fsp3) is 0.538. The molecule has 3 atom stereocenters. The first-order chi connectivity index (χ1) is 18.0. The molecule has 37 heavy (non-hydrogen) atoms. The van der Waals surface area contributed by atoms with Gasteiger partial charge in [-0.25, -0.2) is 19.9 Å². The number of hydrogen-bond donors (Lipinski definition) is 2. The highest BCUT2D eigenvalue weighted by atomic mass is 35.5. The van der Waals surface area contributed by atoms with Gasteiger partial charge in [0.15, 0.2) is 5.65 Å². The molecule has 3 aliphatic rings. The van der Waals surface area contributed by atoms with Gasteiger partial charge < -0.3 is 25.4 Å². The number of halogens is 1. The quantitative estimate of drug-likeness (QED) is 0.498. The second-order valence-corrected chi connectivity index (χ2v) is 11.9. The van der Waals surface area contributed by atoms with Crippen LogP contribution in [0.25, 0.3) is 11.2 Å². The van der Waals surface area contributed by atoms with Crippen LogP contribution in [-0.2, 0) is 4.74 Å². The number of pyridine rings is 2. The van der Waals surface area contributed by atoms with E-state index in [2.05, 4.69) is 26.7 Å². The second-order valence-electron chi connectivity index (χ2n) is 10.4.